The number of aromatic nitrogens is 2. The van der Waals surface area contributed by atoms with Gasteiger partial charge in [0.05, 0.1) is 33.2 Å². The third-order valence-corrected chi connectivity index (χ3v) is 10.5. The normalized spacial score (nSPS) is 13.2. The summed E-state index contributed by atoms with van der Waals surface area (Å²) in [6.45, 7) is 12.6. The van der Waals surface area contributed by atoms with Gasteiger partial charge in [-0.3, -0.25) is 0 Å². The lowest BCUT2D eigenvalue weighted by atomic mass is 9.86. The fraction of sp³-hybridized carbons (Fsp3) is 0.217. The first-order valence-electron chi connectivity index (χ1n) is 17.8. The summed E-state index contributed by atoms with van der Waals surface area (Å²) in [5.41, 5.74) is 1.99. The average molecular weight is 733 g/mol. The Kier molecular flexibility index (Phi) is 7.90. The minimum absolute atomic E-state index is 0.164. The van der Waals surface area contributed by atoms with E-state index in [-0.39, 0.29) is 10.8 Å². The maximum atomic E-state index is 14.9. The molecule has 0 unspecified atom stereocenters. The standard InChI is InChI=1S/C46H38F6N2/c1-43(2,3)27-15-21-41-35(23-27)31-11-7-9-13-39(31)53(41)29-17-19-37(45(47,48)49)33(25-29)34-26-30(18-20-38(34)46(50,51)52)54-40-14-10-8-12-32(40)36-24-28(44(4,5)6)16-22-42(36)54/h7-26H,1-6H3. The van der Waals surface area contributed by atoms with Gasteiger partial charge in [-0.2, -0.15) is 26.3 Å². The van der Waals surface area contributed by atoms with Gasteiger partial charge in [0.15, 0.2) is 0 Å². The molecule has 6 aromatic carbocycles. The smallest absolute Gasteiger partial charge is 0.309 e. The summed E-state index contributed by atoms with van der Waals surface area (Å²) in [7, 11) is 0. The topological polar surface area (TPSA) is 9.86 Å². The van der Waals surface area contributed by atoms with Gasteiger partial charge in [-0.25, -0.2) is 0 Å². The molecule has 8 rings (SSSR count). The highest BCUT2D eigenvalue weighted by atomic mass is 19.4. The molecule has 274 valence electrons. The minimum atomic E-state index is -4.94. The van der Waals surface area contributed by atoms with Crippen molar-refractivity contribution >= 4 is 43.6 Å². The van der Waals surface area contributed by atoms with Crippen LogP contribution in [0.2, 0.25) is 0 Å². The predicted molar refractivity (Wildman–Crippen MR) is 208 cm³/mol. The lowest BCUT2D eigenvalue weighted by molar-refractivity contribution is -0.139. The number of para-hydroxylation sites is 2. The molecule has 0 aliphatic carbocycles. The number of alkyl halides is 6. The maximum absolute atomic E-state index is 14.9. The fourth-order valence-electron chi connectivity index (χ4n) is 7.72. The van der Waals surface area contributed by atoms with Gasteiger partial charge in [-0.05, 0) is 106 Å². The average Bonchev–Trinajstić information content (AvgIpc) is 3.62. The van der Waals surface area contributed by atoms with Gasteiger partial charge >= 0.3 is 12.4 Å². The highest BCUT2D eigenvalue weighted by molar-refractivity contribution is 6.10. The molecular formula is C46H38F6N2. The first-order chi connectivity index (χ1) is 25.3. The lowest BCUT2D eigenvalue weighted by Crippen LogP contribution is -2.13. The zero-order chi connectivity index (χ0) is 38.5. The molecule has 0 saturated carbocycles. The second-order valence-electron chi connectivity index (χ2n) is 16.1. The number of halogens is 6. The van der Waals surface area contributed by atoms with Gasteiger partial charge in [0.25, 0.3) is 0 Å². The van der Waals surface area contributed by atoms with Crippen LogP contribution in [0.25, 0.3) is 66.1 Å². The third kappa shape index (κ3) is 5.83. The van der Waals surface area contributed by atoms with Crippen molar-refractivity contribution in [2.75, 3.05) is 0 Å². The first-order valence-corrected chi connectivity index (χ1v) is 17.8. The second kappa shape index (κ2) is 12.0. The molecule has 8 heteroatoms. The molecule has 0 amide bonds. The van der Waals surface area contributed by atoms with Crippen molar-refractivity contribution in [3.8, 4) is 22.5 Å². The number of hydrogen-bond donors (Lipinski definition) is 0. The van der Waals surface area contributed by atoms with Crippen LogP contribution in [0.15, 0.2) is 121 Å². The van der Waals surface area contributed by atoms with Gasteiger partial charge in [0.1, 0.15) is 0 Å². The molecule has 8 aromatic rings. The molecule has 0 fully saturated rings. The molecule has 2 heterocycles. The SMILES string of the molecule is CC(C)(C)c1ccc2c(c1)c1ccccc1n2-c1ccc(C(F)(F)F)c(-c2cc(-n3c4ccccc4c4cc(C(C)(C)C)ccc43)ccc2C(F)(F)F)c1. The Labute approximate surface area is 309 Å². The molecule has 0 N–H and O–H groups in total. The van der Waals surface area contributed by atoms with Crippen LogP contribution < -0.4 is 0 Å². The molecule has 0 atom stereocenters. The van der Waals surface area contributed by atoms with Crippen molar-refractivity contribution in [3.05, 3.63) is 144 Å². The Morgan fingerprint density at radius 1 is 0.370 bits per heavy atom. The summed E-state index contributed by atoms with van der Waals surface area (Å²) in [4.78, 5) is 0. The first kappa shape index (κ1) is 35.5. The van der Waals surface area contributed by atoms with Crippen LogP contribution in [0.4, 0.5) is 26.3 Å². The zero-order valence-electron chi connectivity index (χ0n) is 30.7. The van der Waals surface area contributed by atoms with Crippen molar-refractivity contribution in [1.82, 2.24) is 9.13 Å². The van der Waals surface area contributed by atoms with E-state index in [1.165, 1.54) is 24.3 Å². The van der Waals surface area contributed by atoms with Crippen molar-refractivity contribution in [3.63, 3.8) is 0 Å². The van der Waals surface area contributed by atoms with E-state index < -0.39 is 34.6 Å². The Morgan fingerprint density at radius 3 is 1.07 bits per heavy atom. The molecule has 0 aliphatic rings. The van der Waals surface area contributed by atoms with Crippen molar-refractivity contribution in [2.24, 2.45) is 0 Å². The Hall–Kier alpha value is -5.50. The largest absolute Gasteiger partial charge is 0.417 e. The van der Waals surface area contributed by atoms with Gasteiger partial charge in [-0.1, -0.05) is 90.1 Å². The van der Waals surface area contributed by atoms with Gasteiger partial charge in [0.2, 0.25) is 0 Å². The van der Waals surface area contributed by atoms with Gasteiger partial charge in [-0.15, -0.1) is 0 Å². The molecule has 0 saturated heterocycles. The molecule has 54 heavy (non-hydrogen) atoms. The number of hydrogen-bond acceptors (Lipinski definition) is 0. The number of benzene rings is 6. The summed E-state index contributed by atoms with van der Waals surface area (Å²) in [5, 5.41) is 3.58. The highest BCUT2D eigenvalue weighted by Crippen LogP contribution is 2.46. The van der Waals surface area contributed by atoms with Crippen LogP contribution in [0.5, 0.6) is 0 Å². The van der Waals surface area contributed by atoms with E-state index in [4.69, 9.17) is 0 Å². The van der Waals surface area contributed by atoms with Gasteiger partial charge in [0, 0.05) is 32.9 Å². The van der Waals surface area contributed by atoms with Crippen LogP contribution in [0.3, 0.4) is 0 Å². The molecule has 2 aromatic heterocycles. The van der Waals surface area contributed by atoms with Crippen LogP contribution in [-0.2, 0) is 23.2 Å². The Morgan fingerprint density at radius 2 is 0.722 bits per heavy atom. The highest BCUT2D eigenvalue weighted by Gasteiger charge is 2.39. The van der Waals surface area contributed by atoms with Crippen LogP contribution >= 0.6 is 0 Å². The maximum Gasteiger partial charge on any atom is 0.417 e. The minimum Gasteiger partial charge on any atom is -0.309 e. The summed E-state index contributed by atoms with van der Waals surface area (Å²) < 4.78 is 93.2. The van der Waals surface area contributed by atoms with Gasteiger partial charge < -0.3 is 9.13 Å². The Bertz CT molecular complexity index is 2570. The number of nitrogens with zero attached hydrogens (tertiary/aromatic N) is 2. The Balaban J connectivity index is 1.42. The molecule has 0 bridgehead atoms. The van der Waals surface area contributed by atoms with E-state index in [1.54, 1.807) is 0 Å². The van der Waals surface area contributed by atoms with E-state index in [0.717, 1.165) is 66.9 Å². The van der Waals surface area contributed by atoms with Crippen molar-refractivity contribution < 1.29 is 26.3 Å². The second-order valence-corrected chi connectivity index (χ2v) is 16.1. The van der Waals surface area contributed by atoms with Crippen LogP contribution in [0, 0.1) is 0 Å². The zero-order valence-corrected chi connectivity index (χ0v) is 30.7. The summed E-state index contributed by atoms with van der Waals surface area (Å²) >= 11 is 0. The molecular weight excluding hydrogens is 695 g/mol. The lowest BCUT2D eigenvalue weighted by Gasteiger charge is -2.21. The van der Waals surface area contributed by atoms with E-state index in [9.17, 15) is 26.3 Å². The molecule has 2 nitrogen and oxygen atoms in total. The van der Waals surface area contributed by atoms with E-state index in [1.807, 2.05) is 81.9 Å². The number of rotatable bonds is 3. The molecule has 0 aliphatic heterocycles. The molecule has 0 spiro atoms. The molecule has 0 radical (unpaired) electrons. The van der Waals surface area contributed by atoms with Crippen LogP contribution in [0.1, 0.15) is 63.8 Å². The van der Waals surface area contributed by atoms with Crippen molar-refractivity contribution in [1.29, 1.82) is 0 Å². The van der Waals surface area contributed by atoms with E-state index in [0.29, 0.717) is 11.4 Å². The summed E-state index contributed by atoms with van der Waals surface area (Å²) in [5.74, 6) is 0. The van der Waals surface area contributed by atoms with Crippen molar-refractivity contribution in [2.45, 2.75) is 64.7 Å². The van der Waals surface area contributed by atoms with Crippen LogP contribution in [-0.4, -0.2) is 9.13 Å². The summed E-state index contributed by atoms with van der Waals surface area (Å²) in [6.07, 6.45) is -9.88. The quantitative estimate of drug-likeness (QED) is 0.160. The monoisotopic (exact) mass is 732 g/mol. The third-order valence-electron chi connectivity index (χ3n) is 10.5. The predicted octanol–water partition coefficient (Wildman–Crippen LogP) is 14.2. The van der Waals surface area contributed by atoms with E-state index in [2.05, 4.69) is 53.7 Å². The number of fused-ring (bicyclic) bond motifs is 6. The summed E-state index contributed by atoms with van der Waals surface area (Å²) in [6, 6.07) is 34.1. The van der Waals surface area contributed by atoms with E-state index >= 15 is 0 Å². The fourth-order valence-corrected chi connectivity index (χ4v) is 7.72.